The second kappa shape index (κ2) is 17.6. The first-order valence-electron chi connectivity index (χ1n) is 16.4. The Balaban J connectivity index is 1.48. The van der Waals surface area contributed by atoms with E-state index in [-0.39, 0.29) is 24.8 Å². The van der Waals surface area contributed by atoms with Gasteiger partial charge in [-0.1, -0.05) is 48.2 Å². The van der Waals surface area contributed by atoms with Crippen LogP contribution in [0.5, 0.6) is 5.75 Å². The maximum absolute atomic E-state index is 14.3. The Morgan fingerprint density at radius 2 is 1.80 bits per heavy atom. The third-order valence-corrected chi connectivity index (χ3v) is 10.3. The van der Waals surface area contributed by atoms with Crippen molar-refractivity contribution in [1.82, 2.24) is 20.7 Å². The van der Waals surface area contributed by atoms with E-state index in [9.17, 15) is 19.5 Å². The van der Waals surface area contributed by atoms with E-state index in [0.29, 0.717) is 47.6 Å². The van der Waals surface area contributed by atoms with Crippen LogP contribution in [0, 0.1) is 0 Å². The average Bonchev–Trinajstić information content (AvgIpc) is 3.58. The van der Waals surface area contributed by atoms with Gasteiger partial charge in [0, 0.05) is 38.1 Å². The van der Waals surface area contributed by atoms with Crippen molar-refractivity contribution in [2.75, 3.05) is 64.8 Å². The van der Waals surface area contributed by atoms with Crippen molar-refractivity contribution in [3.05, 3.63) is 87.8 Å². The summed E-state index contributed by atoms with van der Waals surface area (Å²) in [5.74, 6) is -0.905. The fourth-order valence-corrected chi connectivity index (χ4v) is 7.67. The second-order valence-corrected chi connectivity index (χ2v) is 14.1. The van der Waals surface area contributed by atoms with Crippen LogP contribution in [0.25, 0.3) is 0 Å². The van der Waals surface area contributed by atoms with Crippen molar-refractivity contribution in [2.24, 2.45) is 4.99 Å². The largest absolute Gasteiger partial charge is 0.491 e. The van der Waals surface area contributed by atoms with Gasteiger partial charge < -0.3 is 29.7 Å². The number of aliphatic carboxylic acids is 1. The summed E-state index contributed by atoms with van der Waals surface area (Å²) in [6.07, 6.45) is 0.0772. The van der Waals surface area contributed by atoms with E-state index in [1.807, 2.05) is 85.6 Å². The van der Waals surface area contributed by atoms with Crippen molar-refractivity contribution in [1.29, 1.82) is 0 Å². The number of carboxylic acids is 1. The van der Waals surface area contributed by atoms with Crippen LogP contribution in [-0.4, -0.2) is 98.5 Å². The number of nitrogens with zero attached hydrogens (tertiary/aromatic N) is 4. The summed E-state index contributed by atoms with van der Waals surface area (Å²) < 4.78 is 11.0. The third-order valence-electron chi connectivity index (χ3n) is 7.83. The molecule has 0 radical (unpaired) electrons. The number of aliphatic imine (C=N–C) groups is 1. The zero-order valence-electron chi connectivity index (χ0n) is 29.3. The number of nitrogens with one attached hydrogen (secondary N) is 3. The number of ether oxygens (including phenoxy) is 2. The molecule has 3 aromatic carbocycles. The highest BCUT2D eigenvalue weighted by atomic mass is 32.2. The van der Waals surface area contributed by atoms with Gasteiger partial charge in [0.25, 0.3) is 5.91 Å². The monoisotopic (exact) mass is 733 g/mol. The number of carbonyl (C=O) groups is 3. The number of rotatable bonds is 16. The number of thioether (sulfide) groups is 2. The number of hydrogen-bond donors (Lipinski definition) is 4. The van der Waals surface area contributed by atoms with Crippen LogP contribution in [-0.2, 0) is 32.1 Å². The molecule has 0 bridgehead atoms. The number of benzene rings is 3. The molecule has 1 atom stereocenters. The molecule has 2 amide bonds. The molecule has 0 saturated carbocycles. The van der Waals surface area contributed by atoms with Crippen molar-refractivity contribution < 1.29 is 29.0 Å². The molecular formula is C36H43N7O6S2. The lowest BCUT2D eigenvalue weighted by atomic mass is 10.0. The maximum Gasteiger partial charge on any atom is 0.322 e. The highest BCUT2D eigenvalue weighted by molar-refractivity contribution is 8.19. The Labute approximate surface area is 306 Å². The number of methoxy groups -OCH3 is 1. The predicted octanol–water partition coefficient (Wildman–Crippen LogP) is 4.50. The molecule has 2 heterocycles. The Hall–Kier alpha value is -4.54. The molecule has 3 aromatic rings. The Morgan fingerprint density at radius 1 is 1.02 bits per heavy atom. The summed E-state index contributed by atoms with van der Waals surface area (Å²) in [5, 5.41) is 14.6. The highest BCUT2D eigenvalue weighted by Crippen LogP contribution is 2.51. The summed E-state index contributed by atoms with van der Waals surface area (Å²) in [6, 6.07) is 20.0. The van der Waals surface area contributed by atoms with Crippen LogP contribution in [0.3, 0.4) is 0 Å². The normalized spacial score (nSPS) is 16.9. The van der Waals surface area contributed by atoms with Crippen LogP contribution in [0.1, 0.15) is 18.1 Å². The molecule has 1 fully saturated rings. The fraction of sp³-hybridized carbons (Fsp3) is 0.333. The number of carbonyl (C=O) groups excluding carboxylic acids is 2. The van der Waals surface area contributed by atoms with Gasteiger partial charge in [-0.05, 0) is 68.2 Å². The average molecular weight is 734 g/mol. The van der Waals surface area contributed by atoms with Crippen molar-refractivity contribution in [3.8, 4) is 5.75 Å². The first-order valence-corrected chi connectivity index (χ1v) is 18.0. The summed E-state index contributed by atoms with van der Waals surface area (Å²) in [7, 11) is 7.07. The standard InChI is InChI=1S/C36H43N7O6S2/c1-6-37-26-14-12-24(19-28(35(46)47)39-40-31(44)22-41(2)3)18-27(26)38-36-43(21-23-10-8-7-9-11-23)33(45)32(51-36)34-42(4)29-20-25(49-17-16-48-5)13-15-30(29)50-34/h7-15,18,20,28,37,39H,6,16-17,19,21-22H2,1-5H3,(H,40,44)(H,46,47)/t28-/m0/s1. The van der Waals surface area contributed by atoms with Gasteiger partial charge in [0.05, 0.1) is 41.8 Å². The van der Waals surface area contributed by atoms with Crippen molar-refractivity contribution in [3.63, 3.8) is 0 Å². The lowest BCUT2D eigenvalue weighted by Crippen LogP contribution is -2.51. The number of amides is 2. The summed E-state index contributed by atoms with van der Waals surface area (Å²) in [5.41, 5.74) is 9.01. The lowest BCUT2D eigenvalue weighted by Gasteiger charge is -2.19. The first-order chi connectivity index (χ1) is 24.6. The van der Waals surface area contributed by atoms with E-state index in [4.69, 9.17) is 14.5 Å². The van der Waals surface area contributed by atoms with E-state index in [1.54, 1.807) is 31.0 Å². The Kier molecular flexibility index (Phi) is 13.0. The molecule has 4 N–H and O–H groups in total. The van der Waals surface area contributed by atoms with Crippen LogP contribution in [0.2, 0.25) is 0 Å². The summed E-state index contributed by atoms with van der Waals surface area (Å²) in [6.45, 7) is 3.93. The molecule has 0 aromatic heterocycles. The molecule has 0 unspecified atom stereocenters. The van der Waals surface area contributed by atoms with E-state index < -0.39 is 12.0 Å². The summed E-state index contributed by atoms with van der Waals surface area (Å²) in [4.78, 5) is 50.6. The van der Waals surface area contributed by atoms with Crippen LogP contribution < -0.4 is 25.8 Å². The van der Waals surface area contributed by atoms with E-state index in [2.05, 4.69) is 16.2 Å². The quantitative estimate of drug-likeness (QED) is 0.0934. The van der Waals surface area contributed by atoms with Crippen LogP contribution in [0.15, 0.2) is 86.6 Å². The van der Waals surface area contributed by atoms with Gasteiger partial charge in [-0.3, -0.25) is 24.7 Å². The van der Waals surface area contributed by atoms with Gasteiger partial charge in [-0.25, -0.2) is 10.4 Å². The topological polar surface area (TPSA) is 148 Å². The van der Waals surface area contributed by atoms with Crippen LogP contribution in [0.4, 0.5) is 17.1 Å². The van der Waals surface area contributed by atoms with E-state index >= 15 is 0 Å². The number of amidine groups is 1. The molecule has 0 aliphatic carbocycles. The minimum atomic E-state index is -1.11. The van der Waals surface area contributed by atoms with Gasteiger partial charge >= 0.3 is 5.97 Å². The number of fused-ring (bicyclic) bond motifs is 1. The van der Waals surface area contributed by atoms with Gasteiger partial charge in [0.1, 0.15) is 23.3 Å². The number of likely N-dealkylation sites (N-methyl/N-ethyl adjacent to an activating group) is 1. The fourth-order valence-electron chi connectivity index (χ4n) is 5.35. The number of anilines is 2. The minimum absolute atomic E-state index is 0.0772. The molecule has 15 heteroatoms. The zero-order valence-corrected chi connectivity index (χ0v) is 30.9. The van der Waals surface area contributed by atoms with E-state index in [1.165, 1.54) is 23.5 Å². The highest BCUT2D eigenvalue weighted by Gasteiger charge is 2.39. The number of carboxylic acid groups (broad SMARTS) is 1. The van der Waals surface area contributed by atoms with Gasteiger partial charge in [-0.2, -0.15) is 0 Å². The Bertz CT molecular complexity index is 1800. The third kappa shape index (κ3) is 9.62. The van der Waals surface area contributed by atoms with Crippen molar-refractivity contribution in [2.45, 2.75) is 30.8 Å². The smallest absolute Gasteiger partial charge is 0.322 e. The SMILES string of the molecule is CCNc1ccc(C[C@H](NNC(=O)CN(C)C)C(=O)O)cc1N=C1SC(=C2Sc3ccc(OCCOC)cc3N2C)C(=O)N1Cc1ccccc1. The molecule has 0 spiro atoms. The van der Waals surface area contributed by atoms with Crippen LogP contribution >= 0.6 is 23.5 Å². The first kappa shape index (κ1) is 37.7. The Morgan fingerprint density at radius 3 is 2.51 bits per heavy atom. The van der Waals surface area contributed by atoms with Gasteiger partial charge in [0.2, 0.25) is 5.91 Å². The second-order valence-electron chi connectivity index (χ2n) is 12.0. The molecule has 2 aliphatic rings. The zero-order chi connectivity index (χ0) is 36.5. The minimum Gasteiger partial charge on any atom is -0.491 e. The number of hydrogen-bond acceptors (Lipinski definition) is 12. The molecule has 2 aliphatic heterocycles. The lowest BCUT2D eigenvalue weighted by molar-refractivity contribution is -0.140. The van der Waals surface area contributed by atoms with Gasteiger partial charge in [0.15, 0.2) is 5.17 Å². The van der Waals surface area contributed by atoms with Crippen molar-refractivity contribution >= 4 is 63.5 Å². The predicted molar refractivity (Wildman–Crippen MR) is 202 cm³/mol. The maximum atomic E-state index is 14.3. The van der Waals surface area contributed by atoms with Gasteiger partial charge in [-0.15, -0.1) is 0 Å². The molecule has 270 valence electrons. The molecule has 13 nitrogen and oxygen atoms in total. The molecule has 1 saturated heterocycles. The number of hydrazine groups is 1. The summed E-state index contributed by atoms with van der Waals surface area (Å²) >= 11 is 2.84. The molecule has 51 heavy (non-hydrogen) atoms. The molecular weight excluding hydrogens is 691 g/mol. The van der Waals surface area contributed by atoms with E-state index in [0.717, 1.165) is 32.6 Å². The molecule has 5 rings (SSSR count).